The van der Waals surface area contributed by atoms with Gasteiger partial charge in [0.05, 0.1) is 38.5 Å². The summed E-state index contributed by atoms with van der Waals surface area (Å²) in [6.45, 7) is 0.612. The third kappa shape index (κ3) is 4.56. The maximum Gasteiger partial charge on any atom is 0.416 e. The number of carbonyl (C=O) groups excluding carboxylic acids is 1. The van der Waals surface area contributed by atoms with Crippen LogP contribution in [0.15, 0.2) is 40.9 Å². The van der Waals surface area contributed by atoms with Crippen LogP contribution in [0.5, 0.6) is 17.2 Å². The van der Waals surface area contributed by atoms with E-state index in [1.165, 1.54) is 38.4 Å². The van der Waals surface area contributed by atoms with E-state index in [0.717, 1.165) is 12.1 Å². The molecule has 1 aromatic heterocycles. The van der Waals surface area contributed by atoms with E-state index in [1.807, 2.05) is 0 Å². The molecule has 4 rings (SSSR count). The van der Waals surface area contributed by atoms with Crippen LogP contribution in [0.2, 0.25) is 0 Å². The zero-order chi connectivity index (χ0) is 24.5. The van der Waals surface area contributed by atoms with Crippen molar-refractivity contribution in [2.75, 3.05) is 39.7 Å². The van der Waals surface area contributed by atoms with Crippen LogP contribution in [0.4, 0.5) is 23.7 Å². The van der Waals surface area contributed by atoms with Crippen LogP contribution in [-0.2, 0) is 6.18 Å². The van der Waals surface area contributed by atoms with E-state index < -0.39 is 11.7 Å². The standard InChI is InChI=1S/C22H21F3N4O5/c1-31-16-8-15(9-17(32-2)18(16)33-3)26-21(30)29-10-13(11-29)20-27-19(28-34-20)12-5-4-6-14(7-12)22(23,24)25/h4-9,13H,10-11H2,1-3H3,(H,26,30). The van der Waals surface area contributed by atoms with Crippen LogP contribution in [-0.4, -0.2) is 55.5 Å². The van der Waals surface area contributed by atoms with Gasteiger partial charge in [0.15, 0.2) is 11.5 Å². The van der Waals surface area contributed by atoms with E-state index in [1.54, 1.807) is 12.1 Å². The number of hydrogen-bond donors (Lipinski definition) is 1. The predicted molar refractivity (Wildman–Crippen MR) is 114 cm³/mol. The van der Waals surface area contributed by atoms with Crippen LogP contribution in [0, 0.1) is 0 Å². The fraction of sp³-hybridized carbons (Fsp3) is 0.318. The second kappa shape index (κ2) is 9.12. The summed E-state index contributed by atoms with van der Waals surface area (Å²) < 4.78 is 59.9. The molecule has 34 heavy (non-hydrogen) atoms. The number of aromatic nitrogens is 2. The Morgan fingerprint density at radius 2 is 1.76 bits per heavy atom. The predicted octanol–water partition coefficient (Wildman–Crippen LogP) is 4.41. The molecule has 1 aliphatic heterocycles. The highest BCUT2D eigenvalue weighted by atomic mass is 19.4. The van der Waals surface area contributed by atoms with E-state index >= 15 is 0 Å². The number of likely N-dealkylation sites (tertiary alicyclic amines) is 1. The fourth-order valence-electron chi connectivity index (χ4n) is 3.51. The molecule has 12 heteroatoms. The van der Waals surface area contributed by atoms with Crippen molar-refractivity contribution >= 4 is 11.7 Å². The first-order valence-electron chi connectivity index (χ1n) is 10.1. The Bertz CT molecular complexity index is 1170. The Kier molecular flexibility index (Phi) is 6.22. The van der Waals surface area contributed by atoms with Crippen molar-refractivity contribution in [3.8, 4) is 28.6 Å². The van der Waals surface area contributed by atoms with Crippen molar-refractivity contribution in [1.82, 2.24) is 15.0 Å². The molecule has 180 valence electrons. The Hall–Kier alpha value is -3.96. The molecule has 1 aliphatic rings. The molecule has 9 nitrogen and oxygen atoms in total. The zero-order valence-corrected chi connectivity index (χ0v) is 18.5. The summed E-state index contributed by atoms with van der Waals surface area (Å²) >= 11 is 0. The van der Waals surface area contributed by atoms with Gasteiger partial charge in [-0.25, -0.2) is 4.79 Å². The second-order valence-corrected chi connectivity index (χ2v) is 7.48. The number of rotatable bonds is 6. The molecular formula is C22H21F3N4O5. The largest absolute Gasteiger partial charge is 0.493 e. The van der Waals surface area contributed by atoms with Crippen LogP contribution in [0.25, 0.3) is 11.4 Å². The van der Waals surface area contributed by atoms with Crippen LogP contribution < -0.4 is 19.5 Å². The Balaban J connectivity index is 1.40. The number of amides is 2. The van der Waals surface area contributed by atoms with Gasteiger partial charge in [-0.3, -0.25) is 0 Å². The first-order chi connectivity index (χ1) is 16.2. The minimum Gasteiger partial charge on any atom is -0.493 e. The molecule has 2 amide bonds. The van der Waals surface area contributed by atoms with E-state index in [0.29, 0.717) is 36.0 Å². The first kappa shape index (κ1) is 23.2. The molecule has 1 fully saturated rings. The van der Waals surface area contributed by atoms with Crippen molar-refractivity contribution in [2.45, 2.75) is 12.1 Å². The highest BCUT2D eigenvalue weighted by Gasteiger charge is 2.36. The number of urea groups is 1. The van der Waals surface area contributed by atoms with Crippen molar-refractivity contribution in [2.24, 2.45) is 0 Å². The minimum atomic E-state index is -4.47. The van der Waals surface area contributed by atoms with Gasteiger partial charge < -0.3 is 29.0 Å². The summed E-state index contributed by atoms with van der Waals surface area (Å²) in [5.74, 6) is 1.28. The number of benzene rings is 2. The topological polar surface area (TPSA) is 99.0 Å². The zero-order valence-electron chi connectivity index (χ0n) is 18.5. The number of halogens is 3. The highest BCUT2D eigenvalue weighted by Crippen LogP contribution is 2.40. The fourth-order valence-corrected chi connectivity index (χ4v) is 3.51. The van der Waals surface area contributed by atoms with E-state index in [2.05, 4.69) is 15.5 Å². The molecular weight excluding hydrogens is 457 g/mol. The summed E-state index contributed by atoms with van der Waals surface area (Å²) in [5.41, 5.74) is -0.150. The SMILES string of the molecule is COc1cc(NC(=O)N2CC(c3nc(-c4cccc(C(F)(F)F)c4)no3)C2)cc(OC)c1OC. The van der Waals surface area contributed by atoms with E-state index in [-0.39, 0.29) is 29.2 Å². The number of hydrogen-bond acceptors (Lipinski definition) is 7. The van der Waals surface area contributed by atoms with Crippen molar-refractivity contribution in [3.05, 3.63) is 47.9 Å². The lowest BCUT2D eigenvalue weighted by molar-refractivity contribution is -0.137. The molecule has 1 N–H and O–H groups in total. The smallest absolute Gasteiger partial charge is 0.416 e. The van der Waals surface area contributed by atoms with Crippen molar-refractivity contribution < 1.29 is 36.7 Å². The number of carbonyl (C=O) groups is 1. The number of nitrogens with zero attached hydrogens (tertiary/aromatic N) is 3. The van der Waals surface area contributed by atoms with Gasteiger partial charge in [0.2, 0.25) is 17.5 Å². The number of alkyl halides is 3. The van der Waals surface area contributed by atoms with Gasteiger partial charge in [0.1, 0.15) is 0 Å². The summed E-state index contributed by atoms with van der Waals surface area (Å²) in [5, 5.41) is 6.56. The lowest BCUT2D eigenvalue weighted by atomic mass is 10.0. The average molecular weight is 478 g/mol. The molecule has 0 saturated carbocycles. The van der Waals surface area contributed by atoms with Gasteiger partial charge >= 0.3 is 12.2 Å². The third-order valence-electron chi connectivity index (χ3n) is 5.32. The van der Waals surface area contributed by atoms with Crippen LogP contribution in [0.1, 0.15) is 17.4 Å². The molecule has 0 radical (unpaired) electrons. The molecule has 3 aromatic rings. The normalized spacial score (nSPS) is 13.9. The monoisotopic (exact) mass is 478 g/mol. The van der Waals surface area contributed by atoms with Gasteiger partial charge in [-0.2, -0.15) is 18.2 Å². The van der Waals surface area contributed by atoms with Crippen molar-refractivity contribution in [3.63, 3.8) is 0 Å². The Morgan fingerprint density at radius 1 is 1.09 bits per heavy atom. The molecule has 0 atom stereocenters. The first-order valence-corrected chi connectivity index (χ1v) is 10.1. The maximum absolute atomic E-state index is 13.0. The summed E-state index contributed by atoms with van der Waals surface area (Å²) in [6.07, 6.45) is -4.47. The van der Waals surface area contributed by atoms with Crippen molar-refractivity contribution in [1.29, 1.82) is 0 Å². The Morgan fingerprint density at radius 3 is 2.35 bits per heavy atom. The molecule has 2 heterocycles. The minimum absolute atomic E-state index is 0.0569. The molecule has 2 aromatic carbocycles. The van der Waals surface area contributed by atoms with Gasteiger partial charge in [0.25, 0.3) is 0 Å². The molecule has 0 unspecified atom stereocenters. The average Bonchev–Trinajstić information content (AvgIpc) is 3.26. The number of anilines is 1. The third-order valence-corrected chi connectivity index (χ3v) is 5.32. The molecule has 0 spiro atoms. The van der Waals surface area contributed by atoms with Crippen LogP contribution in [0.3, 0.4) is 0 Å². The van der Waals surface area contributed by atoms with Gasteiger partial charge in [-0.05, 0) is 12.1 Å². The molecule has 0 aliphatic carbocycles. The summed E-state index contributed by atoms with van der Waals surface area (Å²) in [7, 11) is 4.43. The van der Waals surface area contributed by atoms with Gasteiger partial charge in [-0.15, -0.1) is 0 Å². The molecule has 1 saturated heterocycles. The van der Waals surface area contributed by atoms with Crippen LogP contribution >= 0.6 is 0 Å². The quantitative estimate of drug-likeness (QED) is 0.560. The van der Waals surface area contributed by atoms with Gasteiger partial charge in [0, 0.05) is 30.8 Å². The maximum atomic E-state index is 13.0. The van der Waals surface area contributed by atoms with Gasteiger partial charge in [-0.1, -0.05) is 17.3 Å². The lowest BCUT2D eigenvalue weighted by Crippen LogP contribution is -2.50. The Labute approximate surface area is 192 Å². The highest BCUT2D eigenvalue weighted by molar-refractivity contribution is 5.91. The summed E-state index contributed by atoms with van der Waals surface area (Å²) in [4.78, 5) is 18.4. The summed E-state index contributed by atoms with van der Waals surface area (Å²) in [6, 6.07) is 7.55. The van der Waals surface area contributed by atoms with E-state index in [4.69, 9.17) is 18.7 Å². The molecule has 0 bridgehead atoms. The van der Waals surface area contributed by atoms with E-state index in [9.17, 15) is 18.0 Å². The number of ether oxygens (including phenoxy) is 3. The lowest BCUT2D eigenvalue weighted by Gasteiger charge is -2.36. The second-order valence-electron chi connectivity index (χ2n) is 7.48. The number of methoxy groups -OCH3 is 3. The number of nitrogens with one attached hydrogen (secondary N) is 1.